The fourth-order valence-corrected chi connectivity index (χ4v) is 8.13. The van der Waals surface area contributed by atoms with Crippen LogP contribution in [0.25, 0.3) is 0 Å². The third-order valence-electron chi connectivity index (χ3n) is 9.92. The zero-order valence-electron chi connectivity index (χ0n) is 28.6. The van der Waals surface area contributed by atoms with Crippen molar-refractivity contribution in [3.63, 3.8) is 0 Å². The van der Waals surface area contributed by atoms with Crippen molar-refractivity contribution in [3.05, 3.63) is 0 Å². The van der Waals surface area contributed by atoms with Gasteiger partial charge in [0.2, 0.25) is 0 Å². The van der Waals surface area contributed by atoms with Crippen molar-refractivity contribution < 1.29 is 14.2 Å². The van der Waals surface area contributed by atoms with Crippen LogP contribution < -0.4 is 0 Å². The summed E-state index contributed by atoms with van der Waals surface area (Å²) in [4.78, 5) is 0. The fraction of sp³-hybridized carbons (Fsp3) is 1.00. The Morgan fingerprint density at radius 2 is 0.667 bits per heavy atom. The molecular weight excluding hydrogens is 480 g/mol. The first-order valence-electron chi connectivity index (χ1n) is 17.0. The van der Waals surface area contributed by atoms with Gasteiger partial charge in [-0.3, -0.25) is 0 Å². The van der Waals surface area contributed by atoms with E-state index in [0.717, 1.165) is 53.3 Å². The van der Waals surface area contributed by atoms with E-state index in [2.05, 4.69) is 62.3 Å². The molecule has 0 bridgehead atoms. The summed E-state index contributed by atoms with van der Waals surface area (Å²) < 4.78 is 16.4. The third kappa shape index (κ3) is 15.1. The van der Waals surface area contributed by atoms with Crippen LogP contribution >= 0.6 is 0 Å². The van der Waals surface area contributed by atoms with Gasteiger partial charge in [0, 0.05) is 21.3 Å². The molecule has 3 nitrogen and oxygen atoms in total. The number of hydrogen-bond donors (Lipinski definition) is 0. The van der Waals surface area contributed by atoms with Gasteiger partial charge in [-0.15, -0.1) is 0 Å². The van der Waals surface area contributed by atoms with Crippen molar-refractivity contribution in [2.45, 2.75) is 158 Å². The zero-order chi connectivity index (χ0) is 29.5. The minimum Gasteiger partial charge on any atom is -0.381 e. The van der Waals surface area contributed by atoms with Gasteiger partial charge in [-0.25, -0.2) is 0 Å². The zero-order valence-corrected chi connectivity index (χ0v) is 28.6. The first-order valence-corrected chi connectivity index (χ1v) is 17.0. The summed E-state index contributed by atoms with van der Waals surface area (Å²) >= 11 is 0. The maximum atomic E-state index is 5.46. The average Bonchev–Trinajstić information content (AvgIpc) is 2.84. The van der Waals surface area contributed by atoms with Crippen LogP contribution in [0.15, 0.2) is 0 Å². The first-order chi connectivity index (χ1) is 18.4. The van der Waals surface area contributed by atoms with Crippen molar-refractivity contribution in [1.82, 2.24) is 0 Å². The van der Waals surface area contributed by atoms with Gasteiger partial charge in [-0.05, 0) is 130 Å². The highest BCUT2D eigenvalue weighted by atomic mass is 16.5. The number of rotatable bonds is 9. The monoisotopic (exact) mass is 553 g/mol. The van der Waals surface area contributed by atoms with E-state index in [1.165, 1.54) is 77.0 Å². The smallest absolute Gasteiger partial charge is 0.0597 e. The van der Waals surface area contributed by atoms with Crippen LogP contribution in [0.3, 0.4) is 0 Å². The van der Waals surface area contributed by atoms with Crippen LogP contribution in [0.4, 0.5) is 0 Å². The molecule has 3 aliphatic carbocycles. The van der Waals surface area contributed by atoms with Crippen molar-refractivity contribution >= 4 is 0 Å². The minimum absolute atomic E-state index is 0.531. The lowest BCUT2D eigenvalue weighted by Crippen LogP contribution is -2.29. The Balaban J connectivity index is 0.000000292. The fourth-order valence-electron chi connectivity index (χ4n) is 8.13. The SMILES string of the molecule is CO[C@@H]1CC[C@@H](CC(C)C)C[C@H]1C.CO[C@H]1CC[C@H](CC(C)C)C[C@@H]1C.CO[C@H]1CC[C@H](CC(C)C)C[C@H]1C. The van der Waals surface area contributed by atoms with Crippen LogP contribution in [0.2, 0.25) is 0 Å². The second kappa shape index (κ2) is 19.9. The van der Waals surface area contributed by atoms with Crippen molar-refractivity contribution in [2.75, 3.05) is 21.3 Å². The second-order valence-corrected chi connectivity index (χ2v) is 15.2. The topological polar surface area (TPSA) is 27.7 Å². The van der Waals surface area contributed by atoms with Gasteiger partial charge < -0.3 is 14.2 Å². The van der Waals surface area contributed by atoms with E-state index in [1.54, 1.807) is 0 Å². The molecule has 0 radical (unpaired) electrons. The van der Waals surface area contributed by atoms with E-state index < -0.39 is 0 Å². The number of ether oxygens (including phenoxy) is 3. The molecule has 0 saturated heterocycles. The van der Waals surface area contributed by atoms with Crippen LogP contribution in [0.5, 0.6) is 0 Å². The van der Waals surface area contributed by atoms with Gasteiger partial charge >= 0.3 is 0 Å². The van der Waals surface area contributed by atoms with E-state index in [4.69, 9.17) is 14.2 Å². The van der Waals surface area contributed by atoms with E-state index in [1.807, 2.05) is 21.3 Å². The molecule has 0 spiro atoms. The molecular formula is C36H72O3. The number of methoxy groups -OCH3 is 3. The molecule has 0 amide bonds. The number of hydrogen-bond acceptors (Lipinski definition) is 3. The lowest BCUT2D eigenvalue weighted by molar-refractivity contribution is 0.0123. The highest BCUT2D eigenvalue weighted by molar-refractivity contribution is 4.80. The van der Waals surface area contributed by atoms with E-state index in [0.29, 0.717) is 18.3 Å². The van der Waals surface area contributed by atoms with Gasteiger partial charge in [0.1, 0.15) is 0 Å². The van der Waals surface area contributed by atoms with Crippen LogP contribution in [0, 0.1) is 53.3 Å². The highest BCUT2D eigenvalue weighted by Crippen LogP contribution is 2.36. The van der Waals surface area contributed by atoms with Gasteiger partial charge in [0.25, 0.3) is 0 Å². The normalized spacial score (nSPS) is 35.3. The molecule has 39 heavy (non-hydrogen) atoms. The van der Waals surface area contributed by atoms with Gasteiger partial charge in [0.15, 0.2) is 0 Å². The van der Waals surface area contributed by atoms with Gasteiger partial charge in [-0.1, -0.05) is 62.3 Å². The lowest BCUT2D eigenvalue weighted by Gasteiger charge is -2.34. The highest BCUT2D eigenvalue weighted by Gasteiger charge is 2.29. The molecule has 234 valence electrons. The molecule has 3 heteroatoms. The summed E-state index contributed by atoms with van der Waals surface area (Å²) in [5, 5.41) is 0. The Kier molecular flexibility index (Phi) is 18.8. The average molecular weight is 553 g/mol. The Morgan fingerprint density at radius 1 is 0.436 bits per heavy atom. The molecule has 3 aliphatic rings. The maximum Gasteiger partial charge on any atom is 0.0597 e. The molecule has 0 unspecified atom stereocenters. The Labute approximate surface area is 246 Å². The molecule has 9 atom stereocenters. The first kappa shape index (κ1) is 36.9. The van der Waals surface area contributed by atoms with Crippen molar-refractivity contribution in [2.24, 2.45) is 53.3 Å². The van der Waals surface area contributed by atoms with Crippen LogP contribution in [-0.2, 0) is 14.2 Å². The Hall–Kier alpha value is -0.120. The van der Waals surface area contributed by atoms with Crippen molar-refractivity contribution in [1.29, 1.82) is 0 Å². The quantitative estimate of drug-likeness (QED) is 0.285. The molecule has 0 aromatic heterocycles. The third-order valence-corrected chi connectivity index (χ3v) is 9.92. The summed E-state index contributed by atoms with van der Waals surface area (Å²) in [5.74, 6) is 7.75. The molecule has 0 aromatic carbocycles. The predicted octanol–water partition coefficient (Wildman–Crippen LogP) is 10.5. The summed E-state index contributed by atoms with van der Waals surface area (Å²) in [6.07, 6.45) is 17.9. The van der Waals surface area contributed by atoms with Crippen molar-refractivity contribution in [3.8, 4) is 0 Å². The van der Waals surface area contributed by atoms with Crippen LogP contribution in [0.1, 0.15) is 139 Å². The Bertz CT molecular complexity index is 507. The largest absolute Gasteiger partial charge is 0.381 e. The van der Waals surface area contributed by atoms with E-state index >= 15 is 0 Å². The molecule has 3 rings (SSSR count). The molecule has 0 heterocycles. The standard InChI is InChI=1S/3C12H24O/c3*1-9(2)7-11-5-6-12(13-4)10(3)8-11/h3*9-12H,5-8H2,1-4H3/t2*10-,11+,12-;10-,11-,12+/m101/s1. The van der Waals surface area contributed by atoms with Gasteiger partial charge in [-0.2, -0.15) is 0 Å². The molecule has 0 aliphatic heterocycles. The molecule has 3 saturated carbocycles. The summed E-state index contributed by atoms with van der Waals surface area (Å²) in [5.41, 5.74) is 0. The lowest BCUT2D eigenvalue weighted by atomic mass is 9.77. The van der Waals surface area contributed by atoms with Crippen LogP contribution in [-0.4, -0.2) is 39.6 Å². The van der Waals surface area contributed by atoms with Gasteiger partial charge in [0.05, 0.1) is 18.3 Å². The predicted molar refractivity (Wildman–Crippen MR) is 170 cm³/mol. The molecule has 0 N–H and O–H groups in total. The summed E-state index contributed by atoms with van der Waals surface area (Å²) in [6, 6.07) is 0. The Morgan fingerprint density at radius 3 is 0.821 bits per heavy atom. The molecule has 3 fully saturated rings. The summed E-state index contributed by atoms with van der Waals surface area (Å²) in [7, 11) is 5.55. The molecule has 0 aromatic rings. The second-order valence-electron chi connectivity index (χ2n) is 15.2. The van der Waals surface area contributed by atoms with E-state index in [9.17, 15) is 0 Å². The maximum absolute atomic E-state index is 5.46. The summed E-state index contributed by atoms with van der Waals surface area (Å²) in [6.45, 7) is 21.0. The minimum atomic E-state index is 0.531. The van der Waals surface area contributed by atoms with E-state index in [-0.39, 0.29) is 0 Å².